The molecule has 0 atom stereocenters. The van der Waals surface area contributed by atoms with Crippen LogP contribution in [-0.4, -0.2) is 27.1 Å². The van der Waals surface area contributed by atoms with Gasteiger partial charge in [-0.3, -0.25) is 0 Å². The number of hydrogen-bond acceptors (Lipinski definition) is 4. The molecule has 0 amide bonds. The summed E-state index contributed by atoms with van der Waals surface area (Å²) in [7, 11) is 1.66. The van der Waals surface area contributed by atoms with Crippen LogP contribution in [0.2, 0.25) is 0 Å². The van der Waals surface area contributed by atoms with E-state index in [0.717, 1.165) is 28.4 Å². The molecule has 2 aromatic rings. The second kappa shape index (κ2) is 8.22. The Bertz CT molecular complexity index is 717. The summed E-state index contributed by atoms with van der Waals surface area (Å²) in [5.41, 5.74) is 2.19. The lowest BCUT2D eigenvalue weighted by atomic mass is 10.2. The minimum atomic E-state index is 0.298. The van der Waals surface area contributed by atoms with E-state index in [9.17, 15) is 0 Å². The van der Waals surface area contributed by atoms with Crippen LogP contribution in [0.3, 0.4) is 0 Å². The summed E-state index contributed by atoms with van der Waals surface area (Å²) in [6.07, 6.45) is 8.02. The van der Waals surface area contributed by atoms with Crippen LogP contribution in [0.15, 0.2) is 54.6 Å². The number of methoxy groups -OCH3 is 1. The van der Waals surface area contributed by atoms with Crippen LogP contribution in [-0.2, 0) is 4.74 Å². The quantitative estimate of drug-likeness (QED) is 0.716. The second-order valence-corrected chi connectivity index (χ2v) is 5.23. The molecule has 4 heteroatoms. The van der Waals surface area contributed by atoms with E-state index in [1.807, 2.05) is 66.8 Å². The van der Waals surface area contributed by atoms with Gasteiger partial charge < -0.3 is 18.9 Å². The van der Waals surface area contributed by atoms with Crippen molar-refractivity contribution in [2.45, 2.75) is 0 Å². The van der Waals surface area contributed by atoms with E-state index >= 15 is 0 Å². The van der Waals surface area contributed by atoms with Gasteiger partial charge in [0.15, 0.2) is 11.5 Å². The lowest BCUT2D eigenvalue weighted by Gasteiger charge is -2.00. The molecule has 0 saturated carbocycles. The van der Waals surface area contributed by atoms with Gasteiger partial charge in [0.1, 0.15) is 5.75 Å². The third kappa shape index (κ3) is 4.40. The lowest BCUT2D eigenvalue weighted by molar-refractivity contribution is 0.174. The predicted octanol–water partition coefficient (Wildman–Crippen LogP) is 4.17. The van der Waals surface area contributed by atoms with Gasteiger partial charge in [-0.15, -0.1) is 0 Å². The van der Waals surface area contributed by atoms with E-state index in [1.54, 1.807) is 7.11 Å². The van der Waals surface area contributed by atoms with Crippen molar-refractivity contribution in [3.63, 3.8) is 0 Å². The van der Waals surface area contributed by atoms with Crippen LogP contribution < -0.4 is 14.2 Å². The van der Waals surface area contributed by atoms with E-state index in [2.05, 4.69) is 0 Å². The molecule has 0 aliphatic carbocycles. The molecule has 3 rings (SSSR count). The highest BCUT2D eigenvalue weighted by atomic mass is 16.7. The van der Waals surface area contributed by atoms with Gasteiger partial charge in [-0.25, -0.2) is 0 Å². The Morgan fingerprint density at radius 3 is 2.29 bits per heavy atom. The minimum absolute atomic E-state index is 0.298. The number of benzene rings is 2. The topological polar surface area (TPSA) is 36.9 Å². The first-order valence-electron chi connectivity index (χ1n) is 7.80. The molecule has 1 aliphatic heterocycles. The first-order chi connectivity index (χ1) is 11.8. The van der Waals surface area contributed by atoms with Gasteiger partial charge in [0.05, 0.1) is 20.3 Å². The third-order valence-electron chi connectivity index (χ3n) is 3.56. The average molecular weight is 324 g/mol. The molecular formula is C20H20O4. The summed E-state index contributed by atoms with van der Waals surface area (Å²) in [4.78, 5) is 0. The number of fused-ring (bicyclic) bond motifs is 1. The third-order valence-corrected chi connectivity index (χ3v) is 3.56. The maximum absolute atomic E-state index is 5.56. The molecule has 0 spiro atoms. The van der Waals surface area contributed by atoms with Gasteiger partial charge in [0, 0.05) is 0 Å². The lowest BCUT2D eigenvalue weighted by Crippen LogP contribution is -1.92. The van der Waals surface area contributed by atoms with Gasteiger partial charge in [0.2, 0.25) is 6.79 Å². The molecule has 0 saturated heterocycles. The Labute approximate surface area is 141 Å². The Hall–Kier alpha value is -2.72. The zero-order valence-electron chi connectivity index (χ0n) is 13.6. The summed E-state index contributed by atoms with van der Waals surface area (Å²) in [6.45, 7) is 1.42. The molecule has 0 aromatic heterocycles. The fourth-order valence-electron chi connectivity index (χ4n) is 2.30. The molecule has 0 bridgehead atoms. The zero-order chi connectivity index (χ0) is 16.6. The van der Waals surface area contributed by atoms with Crippen molar-refractivity contribution in [1.29, 1.82) is 0 Å². The van der Waals surface area contributed by atoms with Crippen LogP contribution in [0.1, 0.15) is 11.1 Å². The molecule has 0 fully saturated rings. The van der Waals surface area contributed by atoms with Crippen LogP contribution in [0.4, 0.5) is 0 Å². The SMILES string of the molecule is COc1ccc(/C=C/COC/C=C/c2ccc3c(c2)OCO3)cc1. The average Bonchev–Trinajstić information content (AvgIpc) is 3.09. The van der Waals surface area contributed by atoms with Gasteiger partial charge in [-0.1, -0.05) is 42.5 Å². The highest BCUT2D eigenvalue weighted by Crippen LogP contribution is 2.32. The Morgan fingerprint density at radius 1 is 0.875 bits per heavy atom. The van der Waals surface area contributed by atoms with Crippen molar-refractivity contribution >= 4 is 12.2 Å². The van der Waals surface area contributed by atoms with Gasteiger partial charge in [-0.05, 0) is 35.4 Å². The molecule has 0 radical (unpaired) electrons. The monoisotopic (exact) mass is 324 g/mol. The van der Waals surface area contributed by atoms with E-state index in [1.165, 1.54) is 0 Å². The largest absolute Gasteiger partial charge is 0.497 e. The van der Waals surface area contributed by atoms with Crippen molar-refractivity contribution in [3.8, 4) is 17.2 Å². The van der Waals surface area contributed by atoms with Crippen LogP contribution in [0.25, 0.3) is 12.2 Å². The maximum atomic E-state index is 5.56. The van der Waals surface area contributed by atoms with E-state index in [-0.39, 0.29) is 0 Å². The molecule has 0 unspecified atom stereocenters. The molecular weight excluding hydrogens is 304 g/mol. The standard InChI is InChI=1S/C20H20O4/c1-21-18-9-6-16(7-10-18)4-2-12-22-13-3-5-17-8-11-19-20(14-17)24-15-23-19/h2-11,14H,12-13,15H2,1H3/b4-2+,5-3+. The fraction of sp³-hybridized carbons (Fsp3) is 0.200. The highest BCUT2D eigenvalue weighted by Gasteiger charge is 2.11. The fourth-order valence-corrected chi connectivity index (χ4v) is 2.30. The Morgan fingerprint density at radius 2 is 1.54 bits per heavy atom. The molecule has 1 heterocycles. The van der Waals surface area contributed by atoms with Gasteiger partial charge in [0.25, 0.3) is 0 Å². The van der Waals surface area contributed by atoms with Crippen LogP contribution in [0, 0.1) is 0 Å². The highest BCUT2D eigenvalue weighted by molar-refractivity contribution is 5.56. The first kappa shape index (κ1) is 16.1. The van der Waals surface area contributed by atoms with Crippen LogP contribution >= 0.6 is 0 Å². The normalized spacial score (nSPS) is 13.0. The molecule has 0 N–H and O–H groups in total. The zero-order valence-corrected chi connectivity index (χ0v) is 13.6. The molecule has 2 aromatic carbocycles. The van der Waals surface area contributed by atoms with Gasteiger partial charge in [-0.2, -0.15) is 0 Å². The number of rotatable bonds is 7. The van der Waals surface area contributed by atoms with Crippen molar-refractivity contribution in [2.75, 3.05) is 27.1 Å². The smallest absolute Gasteiger partial charge is 0.231 e. The maximum Gasteiger partial charge on any atom is 0.231 e. The van der Waals surface area contributed by atoms with E-state index < -0.39 is 0 Å². The van der Waals surface area contributed by atoms with Gasteiger partial charge >= 0.3 is 0 Å². The molecule has 4 nitrogen and oxygen atoms in total. The summed E-state index contributed by atoms with van der Waals surface area (Å²) in [5, 5.41) is 0. The summed E-state index contributed by atoms with van der Waals surface area (Å²) < 4.78 is 21.3. The summed E-state index contributed by atoms with van der Waals surface area (Å²) in [6, 6.07) is 13.8. The molecule has 1 aliphatic rings. The first-order valence-corrected chi connectivity index (χ1v) is 7.80. The number of ether oxygens (including phenoxy) is 4. The molecule has 24 heavy (non-hydrogen) atoms. The van der Waals surface area contributed by atoms with Crippen molar-refractivity contribution < 1.29 is 18.9 Å². The number of hydrogen-bond donors (Lipinski definition) is 0. The summed E-state index contributed by atoms with van der Waals surface area (Å²) >= 11 is 0. The minimum Gasteiger partial charge on any atom is -0.497 e. The summed E-state index contributed by atoms with van der Waals surface area (Å²) in [5.74, 6) is 2.45. The Balaban J connectivity index is 1.39. The predicted molar refractivity (Wildman–Crippen MR) is 94.4 cm³/mol. The molecule has 124 valence electrons. The van der Waals surface area contributed by atoms with Crippen LogP contribution in [0.5, 0.6) is 17.2 Å². The van der Waals surface area contributed by atoms with E-state index in [0.29, 0.717) is 20.0 Å². The Kier molecular flexibility index (Phi) is 5.53. The second-order valence-electron chi connectivity index (χ2n) is 5.23. The van der Waals surface area contributed by atoms with Crippen molar-refractivity contribution in [3.05, 3.63) is 65.7 Å². The van der Waals surface area contributed by atoms with Crippen molar-refractivity contribution in [1.82, 2.24) is 0 Å². The van der Waals surface area contributed by atoms with E-state index in [4.69, 9.17) is 18.9 Å². The van der Waals surface area contributed by atoms with Crippen molar-refractivity contribution in [2.24, 2.45) is 0 Å².